The lowest BCUT2D eigenvalue weighted by Crippen LogP contribution is -2.34. The van der Waals surface area contributed by atoms with E-state index >= 15 is 0 Å². The summed E-state index contributed by atoms with van der Waals surface area (Å²) in [7, 11) is 0. The summed E-state index contributed by atoms with van der Waals surface area (Å²) in [5, 5.41) is 3.56. The van der Waals surface area contributed by atoms with Gasteiger partial charge in [-0.25, -0.2) is 0 Å². The van der Waals surface area contributed by atoms with Gasteiger partial charge in [0.1, 0.15) is 6.17 Å². The van der Waals surface area contributed by atoms with Crippen molar-refractivity contribution in [2.24, 2.45) is 11.8 Å². The summed E-state index contributed by atoms with van der Waals surface area (Å²) in [5.74, 6) is 1.24. The first-order valence-electron chi connectivity index (χ1n) is 8.02. The fourth-order valence-electron chi connectivity index (χ4n) is 3.06. The smallest absolute Gasteiger partial charge is 0.241 e. The third-order valence-electron chi connectivity index (χ3n) is 4.00. The molecule has 116 valence electrons. The van der Waals surface area contributed by atoms with Gasteiger partial charge >= 0.3 is 0 Å². The number of hydrogen-bond donors (Lipinski definition) is 1. The van der Waals surface area contributed by atoms with Gasteiger partial charge in [0.25, 0.3) is 0 Å². The van der Waals surface area contributed by atoms with Gasteiger partial charge in [0.15, 0.2) is 0 Å². The zero-order valence-electron chi connectivity index (χ0n) is 13.9. The number of nitrogens with zero attached hydrogens (tertiary/aromatic N) is 1. The first kappa shape index (κ1) is 16.0. The van der Waals surface area contributed by atoms with E-state index < -0.39 is 0 Å². The molecule has 2 rings (SSSR count). The Balaban J connectivity index is 2.28. The number of amides is 1. The molecule has 0 radical (unpaired) electrons. The molecular formula is C18H28N2O. The van der Waals surface area contributed by atoms with Crippen molar-refractivity contribution in [3.8, 4) is 0 Å². The third kappa shape index (κ3) is 3.65. The average Bonchev–Trinajstić information content (AvgIpc) is 2.67. The molecular weight excluding hydrogens is 260 g/mol. The quantitative estimate of drug-likeness (QED) is 0.899. The van der Waals surface area contributed by atoms with Crippen molar-refractivity contribution in [1.82, 2.24) is 10.2 Å². The summed E-state index contributed by atoms with van der Waals surface area (Å²) in [6.07, 6.45) is 0.917. The Kier molecular flexibility index (Phi) is 5.04. The zero-order chi connectivity index (χ0) is 15.6. The summed E-state index contributed by atoms with van der Waals surface area (Å²) >= 11 is 0. The van der Waals surface area contributed by atoms with E-state index in [-0.39, 0.29) is 18.1 Å². The maximum atomic E-state index is 12.7. The molecule has 0 aromatic heterocycles. The second-order valence-electron chi connectivity index (χ2n) is 6.99. The molecule has 1 N–H and O–H groups in total. The van der Waals surface area contributed by atoms with E-state index in [9.17, 15) is 4.79 Å². The van der Waals surface area contributed by atoms with Crippen LogP contribution in [0.2, 0.25) is 0 Å². The van der Waals surface area contributed by atoms with Crippen molar-refractivity contribution in [2.75, 3.05) is 6.54 Å². The molecule has 1 saturated heterocycles. The minimum Gasteiger partial charge on any atom is -0.321 e. The van der Waals surface area contributed by atoms with Crippen molar-refractivity contribution in [3.63, 3.8) is 0 Å². The van der Waals surface area contributed by atoms with Gasteiger partial charge in [-0.1, -0.05) is 52.0 Å². The Labute approximate surface area is 128 Å². The fourth-order valence-corrected chi connectivity index (χ4v) is 3.06. The lowest BCUT2D eigenvalue weighted by Gasteiger charge is -2.27. The number of rotatable bonds is 5. The summed E-state index contributed by atoms with van der Waals surface area (Å²) in [6, 6.07) is 8.30. The molecule has 2 unspecified atom stereocenters. The van der Waals surface area contributed by atoms with Crippen molar-refractivity contribution in [1.29, 1.82) is 0 Å². The van der Waals surface area contributed by atoms with Crippen molar-refractivity contribution >= 4 is 5.91 Å². The van der Waals surface area contributed by atoms with Crippen molar-refractivity contribution < 1.29 is 4.79 Å². The maximum Gasteiger partial charge on any atom is 0.241 e. The van der Waals surface area contributed by atoms with Crippen LogP contribution in [0.1, 0.15) is 51.4 Å². The van der Waals surface area contributed by atoms with Gasteiger partial charge in [-0.05, 0) is 36.3 Å². The lowest BCUT2D eigenvalue weighted by atomic mass is 10.0. The molecule has 1 fully saturated rings. The normalized spacial score (nSPS) is 22.6. The number of carbonyl (C=O) groups is 1. The fraction of sp³-hybridized carbons (Fsp3) is 0.611. The molecule has 1 amide bonds. The highest BCUT2D eigenvalue weighted by molar-refractivity contribution is 5.84. The van der Waals surface area contributed by atoms with Gasteiger partial charge < -0.3 is 4.90 Å². The second kappa shape index (κ2) is 6.61. The molecule has 2 atom stereocenters. The molecule has 1 aliphatic rings. The molecule has 1 heterocycles. The average molecular weight is 288 g/mol. The van der Waals surface area contributed by atoms with Crippen LogP contribution in [0, 0.1) is 18.8 Å². The SMILES string of the molecule is Cc1ccccc1C1NC(CC(C)C)C(=O)N1CC(C)C. The van der Waals surface area contributed by atoms with E-state index in [1.165, 1.54) is 11.1 Å². The van der Waals surface area contributed by atoms with E-state index in [0.29, 0.717) is 11.8 Å². The number of benzene rings is 1. The summed E-state index contributed by atoms with van der Waals surface area (Å²) in [4.78, 5) is 14.8. The van der Waals surface area contributed by atoms with Crippen LogP contribution in [-0.4, -0.2) is 23.4 Å². The Morgan fingerprint density at radius 1 is 1.14 bits per heavy atom. The lowest BCUT2D eigenvalue weighted by molar-refractivity contribution is -0.130. The van der Waals surface area contributed by atoms with Crippen molar-refractivity contribution in [3.05, 3.63) is 35.4 Å². The number of hydrogen-bond acceptors (Lipinski definition) is 2. The van der Waals surface area contributed by atoms with Crippen LogP contribution in [0.15, 0.2) is 24.3 Å². The number of aryl methyl sites for hydroxylation is 1. The van der Waals surface area contributed by atoms with Gasteiger partial charge in [0.2, 0.25) is 5.91 Å². The highest BCUT2D eigenvalue weighted by Crippen LogP contribution is 2.30. The number of nitrogens with one attached hydrogen (secondary N) is 1. The standard InChI is InChI=1S/C18H28N2O/c1-12(2)10-16-18(21)20(11-13(3)4)17(19-16)15-9-7-6-8-14(15)5/h6-9,12-13,16-17,19H,10-11H2,1-5H3. The second-order valence-corrected chi connectivity index (χ2v) is 6.99. The minimum absolute atomic E-state index is 0.0184. The molecule has 3 heteroatoms. The predicted octanol–water partition coefficient (Wildman–Crippen LogP) is 3.50. The molecule has 21 heavy (non-hydrogen) atoms. The minimum atomic E-state index is -0.0478. The van der Waals surface area contributed by atoms with Crippen LogP contribution in [0.4, 0.5) is 0 Å². The summed E-state index contributed by atoms with van der Waals surface area (Å²) in [5.41, 5.74) is 2.46. The van der Waals surface area contributed by atoms with Crippen LogP contribution in [-0.2, 0) is 4.79 Å². The number of carbonyl (C=O) groups excluding carboxylic acids is 1. The summed E-state index contributed by atoms with van der Waals surface area (Å²) < 4.78 is 0. The highest BCUT2D eigenvalue weighted by atomic mass is 16.2. The van der Waals surface area contributed by atoms with Crippen LogP contribution in [0.25, 0.3) is 0 Å². The summed E-state index contributed by atoms with van der Waals surface area (Å²) in [6.45, 7) is 11.6. The van der Waals surface area contributed by atoms with Gasteiger partial charge in [-0.15, -0.1) is 0 Å². The predicted molar refractivity (Wildman–Crippen MR) is 86.8 cm³/mol. The molecule has 0 saturated carbocycles. The van der Waals surface area contributed by atoms with E-state index in [4.69, 9.17) is 0 Å². The van der Waals surface area contributed by atoms with Crippen LogP contribution < -0.4 is 5.32 Å². The van der Waals surface area contributed by atoms with E-state index in [0.717, 1.165) is 13.0 Å². The molecule has 1 aromatic carbocycles. The Hall–Kier alpha value is -1.35. The molecule has 0 spiro atoms. The zero-order valence-corrected chi connectivity index (χ0v) is 13.9. The molecule has 0 aliphatic carbocycles. The first-order valence-corrected chi connectivity index (χ1v) is 8.02. The Bertz CT molecular complexity index is 496. The molecule has 1 aromatic rings. The van der Waals surface area contributed by atoms with Crippen LogP contribution in [0.5, 0.6) is 0 Å². The van der Waals surface area contributed by atoms with Gasteiger partial charge in [-0.2, -0.15) is 0 Å². The monoisotopic (exact) mass is 288 g/mol. The van der Waals surface area contributed by atoms with Gasteiger partial charge in [0.05, 0.1) is 6.04 Å². The third-order valence-corrected chi connectivity index (χ3v) is 4.00. The largest absolute Gasteiger partial charge is 0.321 e. The van der Waals surface area contributed by atoms with Crippen molar-refractivity contribution in [2.45, 2.75) is 53.2 Å². The highest BCUT2D eigenvalue weighted by Gasteiger charge is 2.40. The van der Waals surface area contributed by atoms with Crippen LogP contribution in [0.3, 0.4) is 0 Å². The Morgan fingerprint density at radius 3 is 2.38 bits per heavy atom. The van der Waals surface area contributed by atoms with E-state index in [2.05, 4.69) is 58.1 Å². The van der Waals surface area contributed by atoms with E-state index in [1.807, 2.05) is 11.0 Å². The van der Waals surface area contributed by atoms with Gasteiger partial charge in [-0.3, -0.25) is 10.1 Å². The van der Waals surface area contributed by atoms with Crippen LogP contribution >= 0.6 is 0 Å². The Morgan fingerprint density at radius 2 is 1.81 bits per heavy atom. The topological polar surface area (TPSA) is 32.3 Å². The molecule has 3 nitrogen and oxygen atoms in total. The maximum absolute atomic E-state index is 12.7. The van der Waals surface area contributed by atoms with E-state index in [1.54, 1.807) is 0 Å². The molecule has 0 bridgehead atoms. The van der Waals surface area contributed by atoms with Gasteiger partial charge in [0, 0.05) is 6.54 Å². The first-order chi connectivity index (χ1) is 9.90. The molecule has 1 aliphatic heterocycles.